The Morgan fingerprint density at radius 1 is 1.00 bits per heavy atom. The Bertz CT molecular complexity index is 893. The first-order chi connectivity index (χ1) is 12.9. The van der Waals surface area contributed by atoms with Gasteiger partial charge in [-0.05, 0) is 50.0 Å². The molecule has 1 aliphatic rings. The van der Waals surface area contributed by atoms with Gasteiger partial charge in [0.25, 0.3) is 0 Å². The summed E-state index contributed by atoms with van der Waals surface area (Å²) in [6.07, 6.45) is 4.09. The van der Waals surface area contributed by atoms with Crippen molar-refractivity contribution < 1.29 is 9.00 Å². The molecule has 0 fully saturated rings. The van der Waals surface area contributed by atoms with Crippen molar-refractivity contribution in [1.82, 2.24) is 4.72 Å². The third kappa shape index (κ3) is 4.64. The van der Waals surface area contributed by atoms with Gasteiger partial charge in [0.05, 0.1) is 4.75 Å². The Hall–Kier alpha value is -2.46. The van der Waals surface area contributed by atoms with Crippen LogP contribution < -0.4 is 4.72 Å². The van der Waals surface area contributed by atoms with Crippen LogP contribution in [-0.4, -0.2) is 14.7 Å². The van der Waals surface area contributed by atoms with E-state index >= 15 is 0 Å². The number of carbonyl (C=O) groups is 1. The molecule has 27 heavy (non-hydrogen) atoms. The summed E-state index contributed by atoms with van der Waals surface area (Å²) >= 11 is 0. The van der Waals surface area contributed by atoms with Gasteiger partial charge in [-0.25, -0.2) is 4.21 Å². The van der Waals surface area contributed by atoms with Crippen LogP contribution in [0.3, 0.4) is 0 Å². The predicted molar refractivity (Wildman–Crippen MR) is 112 cm³/mol. The number of allylic oxidation sites excluding steroid dienone is 3. The number of hydrogen-bond donors (Lipinski definition) is 1. The molecule has 0 amide bonds. The lowest BCUT2D eigenvalue weighted by atomic mass is 9.78. The van der Waals surface area contributed by atoms with E-state index < -0.39 is 15.7 Å². The molecule has 0 spiro atoms. The zero-order valence-corrected chi connectivity index (χ0v) is 16.8. The number of hydrogen-bond acceptors (Lipinski definition) is 2. The van der Waals surface area contributed by atoms with Crippen molar-refractivity contribution in [1.29, 1.82) is 0 Å². The molecule has 2 aromatic rings. The molecular weight excluding hydrogens is 354 g/mol. The van der Waals surface area contributed by atoms with E-state index in [-0.39, 0.29) is 11.7 Å². The van der Waals surface area contributed by atoms with Gasteiger partial charge in [0, 0.05) is 17.7 Å². The quantitative estimate of drug-likeness (QED) is 0.779. The minimum Gasteiger partial charge on any atom is -0.311 e. The molecule has 3 rings (SSSR count). The summed E-state index contributed by atoms with van der Waals surface area (Å²) in [7, 11) is -1.27. The number of nitrogens with one attached hydrogen (secondary N) is 1. The average molecular weight is 380 g/mol. The molecule has 1 unspecified atom stereocenters. The highest BCUT2D eigenvalue weighted by Gasteiger charge is 2.29. The van der Waals surface area contributed by atoms with Gasteiger partial charge in [-0.15, -0.1) is 0 Å². The topological polar surface area (TPSA) is 46.2 Å². The van der Waals surface area contributed by atoms with Crippen LogP contribution in [-0.2, 0) is 15.8 Å². The largest absolute Gasteiger partial charge is 0.311 e. The zero-order chi connectivity index (χ0) is 19.4. The Kier molecular flexibility index (Phi) is 5.76. The standard InChI is InChI=1S/C23H25NO2S/c1-23(2,3)27(26)24-16-21-20(18-12-8-5-9-13-18)14-19(15-22(21)25)17-10-6-4-7-11-17/h4-13,15-16,20,24H,14H2,1-3H3/b21-16-/t20-,27?/m1/s1. The lowest BCUT2D eigenvalue weighted by molar-refractivity contribution is -0.111. The number of ketones is 1. The summed E-state index contributed by atoms with van der Waals surface area (Å²) < 4.78 is 14.9. The maximum Gasteiger partial charge on any atom is 0.184 e. The maximum atomic E-state index is 12.9. The summed E-state index contributed by atoms with van der Waals surface area (Å²) in [6, 6.07) is 20.0. The van der Waals surface area contributed by atoms with Crippen LogP contribution in [0.4, 0.5) is 0 Å². The third-order valence-electron chi connectivity index (χ3n) is 4.61. The molecule has 0 heterocycles. The van der Waals surface area contributed by atoms with Gasteiger partial charge >= 0.3 is 0 Å². The van der Waals surface area contributed by atoms with Crippen LogP contribution in [0.25, 0.3) is 5.57 Å². The minimum atomic E-state index is -1.27. The fraction of sp³-hybridized carbons (Fsp3) is 0.261. The molecule has 0 saturated heterocycles. The highest BCUT2D eigenvalue weighted by Crippen LogP contribution is 2.39. The van der Waals surface area contributed by atoms with E-state index in [0.717, 1.165) is 23.1 Å². The molecule has 2 atom stereocenters. The number of benzene rings is 2. The second kappa shape index (κ2) is 8.05. The lowest BCUT2D eigenvalue weighted by Gasteiger charge is -2.26. The Balaban J connectivity index is 1.98. The van der Waals surface area contributed by atoms with Crippen LogP contribution in [0.15, 0.2) is 78.5 Å². The van der Waals surface area contributed by atoms with Crippen LogP contribution >= 0.6 is 0 Å². The van der Waals surface area contributed by atoms with E-state index in [4.69, 9.17) is 0 Å². The van der Waals surface area contributed by atoms with E-state index in [1.807, 2.05) is 81.4 Å². The first kappa shape index (κ1) is 19.3. The highest BCUT2D eigenvalue weighted by atomic mass is 32.2. The zero-order valence-electron chi connectivity index (χ0n) is 15.9. The summed E-state index contributed by atoms with van der Waals surface area (Å²) in [4.78, 5) is 12.9. The molecule has 0 saturated carbocycles. The van der Waals surface area contributed by atoms with Crippen molar-refractivity contribution in [2.24, 2.45) is 0 Å². The van der Waals surface area contributed by atoms with E-state index in [0.29, 0.717) is 5.57 Å². The van der Waals surface area contributed by atoms with Crippen LogP contribution in [0, 0.1) is 0 Å². The second-order valence-electron chi connectivity index (χ2n) is 7.67. The third-order valence-corrected chi connectivity index (χ3v) is 6.06. The van der Waals surface area contributed by atoms with E-state index in [1.54, 1.807) is 12.3 Å². The van der Waals surface area contributed by atoms with Crippen molar-refractivity contribution in [2.45, 2.75) is 37.9 Å². The molecular formula is C23H25NO2S. The van der Waals surface area contributed by atoms with Gasteiger partial charge in [-0.1, -0.05) is 60.7 Å². The smallest absolute Gasteiger partial charge is 0.184 e. The van der Waals surface area contributed by atoms with E-state index in [9.17, 15) is 9.00 Å². The molecule has 4 heteroatoms. The molecule has 1 N–H and O–H groups in total. The van der Waals surface area contributed by atoms with E-state index in [2.05, 4.69) is 4.72 Å². The minimum absolute atomic E-state index is 0.0348. The Morgan fingerprint density at radius 3 is 2.19 bits per heavy atom. The van der Waals surface area contributed by atoms with Crippen LogP contribution in [0.5, 0.6) is 0 Å². The van der Waals surface area contributed by atoms with Gasteiger partial charge in [-0.3, -0.25) is 4.79 Å². The van der Waals surface area contributed by atoms with Crippen molar-refractivity contribution in [3.8, 4) is 0 Å². The van der Waals surface area contributed by atoms with Crippen molar-refractivity contribution >= 4 is 22.3 Å². The van der Waals surface area contributed by atoms with Gasteiger partial charge < -0.3 is 4.72 Å². The molecule has 0 aromatic heterocycles. The number of rotatable bonds is 4. The SMILES string of the molecule is CC(C)(C)S(=O)N/C=C1\C(=O)C=C(c2ccccc2)C[C@@H]1c1ccccc1. The van der Waals surface area contributed by atoms with E-state index in [1.165, 1.54) is 0 Å². The highest BCUT2D eigenvalue weighted by molar-refractivity contribution is 7.84. The molecule has 0 radical (unpaired) electrons. The number of carbonyl (C=O) groups excluding carboxylic acids is 1. The first-order valence-electron chi connectivity index (χ1n) is 9.09. The first-order valence-corrected chi connectivity index (χ1v) is 10.2. The Morgan fingerprint density at radius 2 is 1.59 bits per heavy atom. The molecule has 0 aliphatic heterocycles. The second-order valence-corrected chi connectivity index (χ2v) is 9.66. The van der Waals surface area contributed by atoms with Crippen LogP contribution in [0.1, 0.15) is 44.2 Å². The summed E-state index contributed by atoms with van der Waals surface area (Å²) in [6.45, 7) is 5.71. The van der Waals surface area contributed by atoms with Gasteiger partial charge in [0.1, 0.15) is 11.0 Å². The Labute approximate surface area is 163 Å². The molecule has 140 valence electrons. The molecule has 2 aromatic carbocycles. The fourth-order valence-electron chi connectivity index (χ4n) is 3.10. The van der Waals surface area contributed by atoms with Crippen molar-refractivity contribution in [2.75, 3.05) is 0 Å². The summed E-state index contributed by atoms with van der Waals surface area (Å²) in [5, 5.41) is 0. The van der Waals surface area contributed by atoms with Crippen molar-refractivity contribution in [3.63, 3.8) is 0 Å². The normalized spacial score (nSPS) is 20.3. The monoisotopic (exact) mass is 379 g/mol. The van der Waals surface area contributed by atoms with Crippen LogP contribution in [0.2, 0.25) is 0 Å². The molecule has 3 nitrogen and oxygen atoms in total. The summed E-state index contributed by atoms with van der Waals surface area (Å²) in [5.74, 6) is -0.101. The predicted octanol–water partition coefficient (Wildman–Crippen LogP) is 4.76. The average Bonchev–Trinajstić information content (AvgIpc) is 2.67. The fourth-order valence-corrected chi connectivity index (χ4v) is 3.69. The molecule has 0 bridgehead atoms. The van der Waals surface area contributed by atoms with Crippen molar-refractivity contribution in [3.05, 3.63) is 89.6 Å². The van der Waals surface area contributed by atoms with Gasteiger partial charge in [0.2, 0.25) is 0 Å². The summed E-state index contributed by atoms with van der Waals surface area (Å²) in [5.41, 5.74) is 3.83. The lowest BCUT2D eigenvalue weighted by Crippen LogP contribution is -2.31. The van der Waals surface area contributed by atoms with Gasteiger partial charge in [-0.2, -0.15) is 0 Å². The van der Waals surface area contributed by atoms with Gasteiger partial charge in [0.15, 0.2) is 5.78 Å². The maximum absolute atomic E-state index is 12.9. The molecule has 1 aliphatic carbocycles.